The van der Waals surface area contributed by atoms with Crippen molar-refractivity contribution in [2.45, 2.75) is 13.0 Å². The molecule has 1 N–H and O–H groups in total. The molecule has 8 heteroatoms. The molecule has 2 aromatic carbocycles. The largest absolute Gasteiger partial charge is 0.497 e. The summed E-state index contributed by atoms with van der Waals surface area (Å²) < 4.78 is 15.7. The number of anilines is 1. The number of rotatable bonds is 7. The van der Waals surface area contributed by atoms with Crippen molar-refractivity contribution >= 4 is 23.2 Å². The maximum atomic E-state index is 12.0. The Morgan fingerprint density at radius 1 is 1.12 bits per heavy atom. The van der Waals surface area contributed by atoms with Crippen LogP contribution in [0.1, 0.15) is 11.7 Å². The van der Waals surface area contributed by atoms with Gasteiger partial charge in [-0.1, -0.05) is 16.8 Å². The van der Waals surface area contributed by atoms with Gasteiger partial charge in [0, 0.05) is 10.7 Å². The summed E-state index contributed by atoms with van der Waals surface area (Å²) in [4.78, 5) is 16.2. The van der Waals surface area contributed by atoms with Crippen molar-refractivity contribution in [1.29, 1.82) is 0 Å². The first-order chi connectivity index (χ1) is 12.6. The van der Waals surface area contributed by atoms with Gasteiger partial charge in [-0.05, 0) is 48.5 Å². The van der Waals surface area contributed by atoms with Crippen LogP contribution in [-0.2, 0) is 17.8 Å². The molecule has 0 saturated heterocycles. The minimum absolute atomic E-state index is 0.00350. The Hall–Kier alpha value is -3.06. The third-order valence-electron chi connectivity index (χ3n) is 3.38. The number of carbonyl (C=O) groups is 1. The predicted molar refractivity (Wildman–Crippen MR) is 95.4 cm³/mol. The van der Waals surface area contributed by atoms with Gasteiger partial charge < -0.3 is 19.3 Å². The second-order valence-electron chi connectivity index (χ2n) is 5.30. The van der Waals surface area contributed by atoms with Crippen LogP contribution in [-0.4, -0.2) is 23.2 Å². The number of hydrogen-bond donors (Lipinski definition) is 1. The van der Waals surface area contributed by atoms with Crippen molar-refractivity contribution in [3.8, 4) is 11.5 Å². The number of methoxy groups -OCH3 is 1. The molecule has 3 aromatic rings. The van der Waals surface area contributed by atoms with Crippen molar-refractivity contribution in [3.63, 3.8) is 0 Å². The predicted octanol–water partition coefficient (Wildman–Crippen LogP) is 3.49. The summed E-state index contributed by atoms with van der Waals surface area (Å²) in [5.74, 6) is 1.66. The van der Waals surface area contributed by atoms with E-state index in [1.807, 2.05) is 0 Å². The molecule has 0 saturated carbocycles. The van der Waals surface area contributed by atoms with Crippen molar-refractivity contribution in [1.82, 2.24) is 10.1 Å². The number of halogens is 1. The van der Waals surface area contributed by atoms with Crippen molar-refractivity contribution < 1.29 is 18.8 Å². The maximum Gasteiger partial charge on any atom is 0.264 e. The van der Waals surface area contributed by atoms with E-state index in [4.69, 9.17) is 25.6 Å². The molecule has 3 rings (SSSR count). The first kappa shape index (κ1) is 17.8. The van der Waals surface area contributed by atoms with Crippen molar-refractivity contribution in [2.75, 3.05) is 12.4 Å². The average molecular weight is 374 g/mol. The Bertz CT molecular complexity index is 863. The van der Waals surface area contributed by atoms with Crippen LogP contribution in [0.4, 0.5) is 5.69 Å². The van der Waals surface area contributed by atoms with Crippen LogP contribution < -0.4 is 14.8 Å². The van der Waals surface area contributed by atoms with Gasteiger partial charge in [-0.3, -0.25) is 4.79 Å². The number of benzene rings is 2. The number of hydrogen-bond acceptors (Lipinski definition) is 6. The van der Waals surface area contributed by atoms with E-state index >= 15 is 0 Å². The lowest BCUT2D eigenvalue weighted by Crippen LogP contribution is -2.15. The molecule has 0 unspecified atom stereocenters. The molecular weight excluding hydrogens is 358 g/mol. The van der Waals surface area contributed by atoms with Crippen molar-refractivity contribution in [3.05, 3.63) is 65.3 Å². The minimum atomic E-state index is -0.249. The molecule has 7 nitrogen and oxygen atoms in total. The number of aromatic nitrogens is 2. The highest BCUT2D eigenvalue weighted by atomic mass is 35.5. The highest BCUT2D eigenvalue weighted by Crippen LogP contribution is 2.17. The monoisotopic (exact) mass is 373 g/mol. The van der Waals surface area contributed by atoms with Crippen LogP contribution in [0.15, 0.2) is 53.1 Å². The van der Waals surface area contributed by atoms with Gasteiger partial charge in [0.25, 0.3) is 5.89 Å². The Kier molecular flexibility index (Phi) is 5.70. The Morgan fingerprint density at radius 3 is 2.50 bits per heavy atom. The minimum Gasteiger partial charge on any atom is -0.497 e. The standard InChI is InChI=1S/C18H16ClN3O4/c1-24-14-8-4-13(5-9-14)20-17(23)10-16-21-18(26-22-16)11-25-15-6-2-12(19)3-7-15/h2-9H,10-11H2,1H3,(H,20,23). The van der Waals surface area contributed by atoms with Gasteiger partial charge in [0.15, 0.2) is 12.4 Å². The maximum absolute atomic E-state index is 12.0. The highest BCUT2D eigenvalue weighted by Gasteiger charge is 2.12. The Balaban J connectivity index is 1.50. The van der Waals surface area contributed by atoms with Crippen molar-refractivity contribution in [2.24, 2.45) is 0 Å². The van der Waals surface area contributed by atoms with Crippen LogP contribution >= 0.6 is 11.6 Å². The fourth-order valence-corrected chi connectivity index (χ4v) is 2.25. The number of amides is 1. The van der Waals surface area contributed by atoms with Gasteiger partial charge in [0.05, 0.1) is 13.5 Å². The lowest BCUT2D eigenvalue weighted by Gasteiger charge is -2.04. The van der Waals surface area contributed by atoms with Gasteiger partial charge in [-0.15, -0.1) is 0 Å². The van der Waals surface area contributed by atoms with Gasteiger partial charge >= 0.3 is 0 Å². The molecule has 0 radical (unpaired) electrons. The summed E-state index contributed by atoms with van der Waals surface area (Å²) in [7, 11) is 1.58. The summed E-state index contributed by atoms with van der Waals surface area (Å²) in [6, 6.07) is 13.9. The Morgan fingerprint density at radius 2 is 1.81 bits per heavy atom. The van der Waals surface area contributed by atoms with E-state index in [1.54, 1.807) is 55.6 Å². The molecule has 134 valence electrons. The lowest BCUT2D eigenvalue weighted by atomic mass is 10.3. The zero-order chi connectivity index (χ0) is 18.4. The summed E-state index contributed by atoms with van der Waals surface area (Å²) in [5, 5.41) is 7.16. The molecule has 1 heterocycles. The van der Waals surface area contributed by atoms with Crippen LogP contribution in [0, 0.1) is 0 Å². The van der Waals surface area contributed by atoms with Crippen LogP contribution in [0.2, 0.25) is 5.02 Å². The molecule has 0 fully saturated rings. The average Bonchev–Trinajstić information content (AvgIpc) is 3.09. The van der Waals surface area contributed by atoms with E-state index in [9.17, 15) is 4.79 Å². The first-order valence-electron chi connectivity index (χ1n) is 7.76. The molecular formula is C18H16ClN3O4. The summed E-state index contributed by atoms with van der Waals surface area (Å²) in [6.45, 7) is 0.106. The quantitative estimate of drug-likeness (QED) is 0.682. The molecule has 0 aliphatic heterocycles. The highest BCUT2D eigenvalue weighted by molar-refractivity contribution is 6.30. The number of nitrogens with zero attached hydrogens (tertiary/aromatic N) is 2. The van der Waals surface area contributed by atoms with E-state index in [1.165, 1.54) is 0 Å². The second-order valence-corrected chi connectivity index (χ2v) is 5.74. The topological polar surface area (TPSA) is 86.5 Å². The zero-order valence-corrected chi connectivity index (χ0v) is 14.7. The van der Waals surface area contributed by atoms with Gasteiger partial charge in [-0.2, -0.15) is 4.98 Å². The second kappa shape index (κ2) is 8.35. The van der Waals surface area contributed by atoms with E-state index in [2.05, 4.69) is 15.5 Å². The van der Waals surface area contributed by atoms with Gasteiger partial charge in [0.2, 0.25) is 5.91 Å². The molecule has 1 amide bonds. The summed E-state index contributed by atoms with van der Waals surface area (Å²) >= 11 is 5.81. The van der Waals surface area contributed by atoms with E-state index in [-0.39, 0.29) is 30.7 Å². The Labute approximate surface area is 154 Å². The van der Waals surface area contributed by atoms with Crippen LogP contribution in [0.5, 0.6) is 11.5 Å². The number of nitrogens with one attached hydrogen (secondary N) is 1. The van der Waals surface area contributed by atoms with E-state index < -0.39 is 0 Å². The molecule has 0 aliphatic rings. The number of ether oxygens (including phenoxy) is 2. The third-order valence-corrected chi connectivity index (χ3v) is 3.63. The molecule has 0 bridgehead atoms. The van der Waals surface area contributed by atoms with E-state index in [0.717, 1.165) is 0 Å². The number of carbonyl (C=O) groups excluding carboxylic acids is 1. The van der Waals surface area contributed by atoms with Gasteiger partial charge in [-0.25, -0.2) is 0 Å². The summed E-state index contributed by atoms with van der Waals surface area (Å²) in [5.41, 5.74) is 0.658. The third kappa shape index (κ3) is 4.97. The molecule has 1 aromatic heterocycles. The van der Waals surface area contributed by atoms with E-state index in [0.29, 0.717) is 22.2 Å². The fourth-order valence-electron chi connectivity index (χ4n) is 2.12. The smallest absolute Gasteiger partial charge is 0.264 e. The normalized spacial score (nSPS) is 10.4. The van der Waals surface area contributed by atoms with Gasteiger partial charge in [0.1, 0.15) is 11.5 Å². The summed E-state index contributed by atoms with van der Waals surface area (Å²) in [6.07, 6.45) is -0.00350. The molecule has 0 atom stereocenters. The van der Waals surface area contributed by atoms with Crippen LogP contribution in [0.25, 0.3) is 0 Å². The molecule has 0 aliphatic carbocycles. The lowest BCUT2D eigenvalue weighted by molar-refractivity contribution is -0.115. The first-order valence-corrected chi connectivity index (χ1v) is 8.14. The molecule has 26 heavy (non-hydrogen) atoms. The molecule has 0 spiro atoms. The fraction of sp³-hybridized carbons (Fsp3) is 0.167. The zero-order valence-electron chi connectivity index (χ0n) is 13.9. The SMILES string of the molecule is COc1ccc(NC(=O)Cc2noc(COc3ccc(Cl)cc3)n2)cc1. The van der Waals surface area contributed by atoms with Crippen LogP contribution in [0.3, 0.4) is 0 Å².